The lowest BCUT2D eigenvalue weighted by atomic mass is 9.99. The van der Waals surface area contributed by atoms with Crippen LogP contribution in [0.3, 0.4) is 0 Å². The first-order valence-corrected chi connectivity index (χ1v) is 9.58. The summed E-state index contributed by atoms with van der Waals surface area (Å²) in [6.07, 6.45) is 10.3. The lowest BCUT2D eigenvalue weighted by molar-refractivity contribution is 0.199. The summed E-state index contributed by atoms with van der Waals surface area (Å²) < 4.78 is 0. The maximum absolute atomic E-state index is 9.58. The van der Waals surface area contributed by atoms with Gasteiger partial charge in [0.1, 0.15) is 0 Å². The Hall–Kier alpha value is -1.60. The van der Waals surface area contributed by atoms with Crippen molar-refractivity contribution in [3.63, 3.8) is 0 Å². The van der Waals surface area contributed by atoms with E-state index in [2.05, 4.69) is 43.3 Å². The molecular formula is C23H32O. The molecular weight excluding hydrogens is 292 g/mol. The van der Waals surface area contributed by atoms with Crippen LogP contribution in [0.15, 0.2) is 48.5 Å². The summed E-state index contributed by atoms with van der Waals surface area (Å²) >= 11 is 0. The normalized spacial score (nSPS) is 12.3. The zero-order valence-corrected chi connectivity index (χ0v) is 15.3. The lowest BCUT2D eigenvalue weighted by Crippen LogP contribution is -1.90. The minimum absolute atomic E-state index is 0.400. The molecule has 0 heterocycles. The molecule has 1 heteroatoms. The van der Waals surface area contributed by atoms with Gasteiger partial charge in [0.05, 0.1) is 6.10 Å². The van der Waals surface area contributed by atoms with E-state index in [9.17, 15) is 5.11 Å². The quantitative estimate of drug-likeness (QED) is 0.482. The van der Waals surface area contributed by atoms with Gasteiger partial charge in [0.25, 0.3) is 0 Å². The second-order valence-electron chi connectivity index (χ2n) is 6.87. The Balaban J connectivity index is 1.78. The van der Waals surface area contributed by atoms with Gasteiger partial charge in [-0.3, -0.25) is 0 Å². The van der Waals surface area contributed by atoms with Crippen LogP contribution in [0.2, 0.25) is 0 Å². The van der Waals surface area contributed by atoms with Crippen LogP contribution in [-0.2, 0) is 6.42 Å². The van der Waals surface area contributed by atoms with Crippen LogP contribution in [0.4, 0.5) is 0 Å². The smallest absolute Gasteiger partial charge is 0.0761 e. The van der Waals surface area contributed by atoms with Crippen molar-refractivity contribution in [1.82, 2.24) is 0 Å². The maximum Gasteiger partial charge on any atom is 0.0761 e. The maximum atomic E-state index is 9.58. The van der Waals surface area contributed by atoms with Crippen molar-refractivity contribution in [2.24, 2.45) is 0 Å². The van der Waals surface area contributed by atoms with E-state index < -0.39 is 6.10 Å². The van der Waals surface area contributed by atoms with Gasteiger partial charge in [-0.15, -0.1) is 0 Å². The highest BCUT2D eigenvalue weighted by atomic mass is 16.3. The van der Waals surface area contributed by atoms with Crippen molar-refractivity contribution in [2.75, 3.05) is 0 Å². The molecule has 2 aromatic rings. The van der Waals surface area contributed by atoms with E-state index in [1.807, 2.05) is 12.1 Å². The van der Waals surface area contributed by atoms with Gasteiger partial charge in [0, 0.05) is 0 Å². The molecule has 0 saturated carbocycles. The number of aliphatic hydroxyl groups is 1. The Bertz CT molecular complexity index is 566. The summed E-state index contributed by atoms with van der Waals surface area (Å²) in [7, 11) is 0. The van der Waals surface area contributed by atoms with Gasteiger partial charge in [0.15, 0.2) is 0 Å². The largest absolute Gasteiger partial charge is 0.389 e. The van der Waals surface area contributed by atoms with E-state index in [-0.39, 0.29) is 0 Å². The van der Waals surface area contributed by atoms with Gasteiger partial charge >= 0.3 is 0 Å². The zero-order valence-electron chi connectivity index (χ0n) is 15.3. The Labute approximate surface area is 147 Å². The fourth-order valence-electron chi connectivity index (χ4n) is 3.10. The number of hydrogen-bond donors (Lipinski definition) is 1. The lowest BCUT2D eigenvalue weighted by Gasteiger charge is -2.08. The van der Waals surface area contributed by atoms with Crippen molar-refractivity contribution >= 4 is 0 Å². The van der Waals surface area contributed by atoms with E-state index in [1.165, 1.54) is 68.1 Å². The molecule has 24 heavy (non-hydrogen) atoms. The molecule has 0 radical (unpaired) electrons. The third-order valence-corrected chi connectivity index (χ3v) is 4.75. The number of benzene rings is 2. The molecule has 0 aliphatic rings. The molecule has 0 saturated heterocycles. The highest BCUT2D eigenvalue weighted by Crippen LogP contribution is 2.23. The average molecular weight is 325 g/mol. The third kappa shape index (κ3) is 6.13. The van der Waals surface area contributed by atoms with Crippen LogP contribution >= 0.6 is 0 Å². The summed E-state index contributed by atoms with van der Waals surface area (Å²) in [4.78, 5) is 0. The Morgan fingerprint density at radius 2 is 1.21 bits per heavy atom. The van der Waals surface area contributed by atoms with E-state index in [1.54, 1.807) is 6.92 Å². The summed E-state index contributed by atoms with van der Waals surface area (Å²) in [5.41, 5.74) is 4.86. The summed E-state index contributed by atoms with van der Waals surface area (Å²) in [5.74, 6) is 0. The number of unbranched alkanes of at least 4 members (excludes halogenated alkanes) is 6. The standard InChI is InChI=1S/C23H32O/c1-3-4-5-6-7-8-9-10-20-11-13-22(14-12-20)23-17-15-21(16-18-23)19(2)24/h11-19,24H,3-10H2,1-2H3. The van der Waals surface area contributed by atoms with E-state index in [0.29, 0.717) is 0 Å². The number of rotatable bonds is 10. The van der Waals surface area contributed by atoms with Crippen molar-refractivity contribution in [2.45, 2.75) is 71.3 Å². The van der Waals surface area contributed by atoms with Gasteiger partial charge in [-0.05, 0) is 42.0 Å². The van der Waals surface area contributed by atoms with Crippen LogP contribution in [-0.4, -0.2) is 5.11 Å². The molecule has 0 aromatic heterocycles. The van der Waals surface area contributed by atoms with Gasteiger partial charge in [0.2, 0.25) is 0 Å². The van der Waals surface area contributed by atoms with Crippen LogP contribution in [0.5, 0.6) is 0 Å². The van der Waals surface area contributed by atoms with E-state index in [0.717, 1.165) is 5.56 Å². The van der Waals surface area contributed by atoms with Gasteiger partial charge < -0.3 is 5.11 Å². The first kappa shape index (κ1) is 18.7. The molecule has 1 N–H and O–H groups in total. The SMILES string of the molecule is CCCCCCCCCc1ccc(-c2ccc(C(C)O)cc2)cc1. The highest BCUT2D eigenvalue weighted by Gasteiger charge is 2.02. The summed E-state index contributed by atoms with van der Waals surface area (Å²) in [6, 6.07) is 17.1. The van der Waals surface area contributed by atoms with Crippen molar-refractivity contribution in [3.8, 4) is 11.1 Å². The van der Waals surface area contributed by atoms with Crippen LogP contribution < -0.4 is 0 Å². The van der Waals surface area contributed by atoms with Crippen molar-refractivity contribution < 1.29 is 5.11 Å². The predicted octanol–water partition coefficient (Wildman–Crippen LogP) is 6.70. The number of aryl methyl sites for hydroxylation is 1. The zero-order chi connectivity index (χ0) is 17.2. The molecule has 0 fully saturated rings. The second-order valence-corrected chi connectivity index (χ2v) is 6.87. The van der Waals surface area contributed by atoms with Gasteiger partial charge in [-0.25, -0.2) is 0 Å². The highest BCUT2D eigenvalue weighted by molar-refractivity contribution is 5.64. The molecule has 2 aromatic carbocycles. The summed E-state index contributed by atoms with van der Waals surface area (Å²) in [5, 5.41) is 9.58. The Morgan fingerprint density at radius 3 is 1.75 bits per heavy atom. The first-order valence-electron chi connectivity index (χ1n) is 9.58. The molecule has 1 unspecified atom stereocenters. The van der Waals surface area contributed by atoms with E-state index in [4.69, 9.17) is 0 Å². The Morgan fingerprint density at radius 1 is 0.708 bits per heavy atom. The number of hydrogen-bond acceptors (Lipinski definition) is 1. The Kier molecular flexibility index (Phi) is 8.04. The van der Waals surface area contributed by atoms with Gasteiger partial charge in [-0.1, -0.05) is 94.0 Å². The molecule has 2 rings (SSSR count). The molecule has 0 spiro atoms. The molecule has 0 aliphatic heterocycles. The minimum Gasteiger partial charge on any atom is -0.389 e. The molecule has 0 aliphatic carbocycles. The minimum atomic E-state index is -0.400. The molecule has 1 nitrogen and oxygen atoms in total. The fraction of sp³-hybridized carbons (Fsp3) is 0.478. The monoisotopic (exact) mass is 324 g/mol. The van der Waals surface area contributed by atoms with Gasteiger partial charge in [-0.2, -0.15) is 0 Å². The van der Waals surface area contributed by atoms with Crippen LogP contribution in [0.1, 0.15) is 76.0 Å². The molecule has 130 valence electrons. The van der Waals surface area contributed by atoms with E-state index >= 15 is 0 Å². The van der Waals surface area contributed by atoms with Crippen LogP contribution in [0, 0.1) is 0 Å². The molecule has 0 amide bonds. The molecule has 0 bridgehead atoms. The summed E-state index contributed by atoms with van der Waals surface area (Å²) in [6.45, 7) is 4.07. The van der Waals surface area contributed by atoms with Crippen molar-refractivity contribution in [3.05, 3.63) is 59.7 Å². The predicted molar refractivity (Wildman–Crippen MR) is 104 cm³/mol. The van der Waals surface area contributed by atoms with Crippen LogP contribution in [0.25, 0.3) is 11.1 Å². The third-order valence-electron chi connectivity index (χ3n) is 4.75. The second kappa shape index (κ2) is 10.3. The molecule has 1 atom stereocenters. The number of aliphatic hydroxyl groups excluding tert-OH is 1. The first-order chi connectivity index (χ1) is 11.7. The average Bonchev–Trinajstić information content (AvgIpc) is 2.61. The topological polar surface area (TPSA) is 20.2 Å². The fourth-order valence-corrected chi connectivity index (χ4v) is 3.10. The van der Waals surface area contributed by atoms with Crippen molar-refractivity contribution in [1.29, 1.82) is 0 Å².